The largest absolute Gasteiger partial charge is 0.481 e. The third-order valence-corrected chi connectivity index (χ3v) is 3.87. The number of anilines is 1. The van der Waals surface area contributed by atoms with E-state index >= 15 is 0 Å². The highest BCUT2D eigenvalue weighted by atomic mass is 32.2. The molecule has 94 valence electrons. The minimum absolute atomic E-state index is 0.0658. The second-order valence-electron chi connectivity index (χ2n) is 3.50. The Morgan fingerprint density at radius 2 is 2.39 bits per heavy atom. The number of carboxylic acid groups (broad SMARTS) is 1. The van der Waals surface area contributed by atoms with Crippen LogP contribution >= 0.6 is 23.1 Å². The Labute approximate surface area is 112 Å². The second-order valence-corrected chi connectivity index (χ2v) is 5.48. The Morgan fingerprint density at radius 1 is 1.56 bits per heavy atom. The topological polar surface area (TPSA) is 89.1 Å². The minimum Gasteiger partial charge on any atom is -0.481 e. The average Bonchev–Trinajstić information content (AvgIpc) is 2.82. The van der Waals surface area contributed by atoms with Gasteiger partial charge in [-0.25, -0.2) is 9.97 Å². The van der Waals surface area contributed by atoms with Crippen LogP contribution in [0.2, 0.25) is 0 Å². The quantitative estimate of drug-likeness (QED) is 0.642. The molecule has 0 bridgehead atoms. The van der Waals surface area contributed by atoms with Gasteiger partial charge in [0.05, 0.1) is 5.75 Å². The molecular weight excluding hydrogens is 270 g/mol. The molecule has 2 rings (SSSR count). The van der Waals surface area contributed by atoms with Crippen LogP contribution in [0.4, 0.5) is 5.82 Å². The van der Waals surface area contributed by atoms with Gasteiger partial charge in [0.15, 0.2) is 5.16 Å². The predicted octanol–water partition coefficient (Wildman–Crippen LogP) is 1.89. The van der Waals surface area contributed by atoms with E-state index in [1.165, 1.54) is 4.88 Å². The molecular formula is C11H11N3O2S2. The smallest absolute Gasteiger partial charge is 0.313 e. The Hall–Kier alpha value is -1.60. The Balaban J connectivity index is 2.07. The maximum atomic E-state index is 10.4. The van der Waals surface area contributed by atoms with Crippen LogP contribution in [0.25, 0.3) is 0 Å². The van der Waals surface area contributed by atoms with Crippen LogP contribution in [0.1, 0.15) is 10.4 Å². The van der Waals surface area contributed by atoms with Crippen molar-refractivity contribution in [2.45, 2.75) is 11.6 Å². The summed E-state index contributed by atoms with van der Waals surface area (Å²) in [5.74, 6) is -0.555. The zero-order valence-electron chi connectivity index (χ0n) is 9.37. The number of hydrogen-bond acceptors (Lipinski definition) is 6. The summed E-state index contributed by atoms with van der Waals surface area (Å²) in [6.07, 6.45) is 2.36. The molecule has 2 aromatic rings. The van der Waals surface area contributed by atoms with E-state index in [-0.39, 0.29) is 5.75 Å². The maximum Gasteiger partial charge on any atom is 0.313 e. The van der Waals surface area contributed by atoms with Gasteiger partial charge in [0.1, 0.15) is 5.82 Å². The van der Waals surface area contributed by atoms with Gasteiger partial charge in [-0.1, -0.05) is 17.8 Å². The number of thiophene rings is 1. The lowest BCUT2D eigenvalue weighted by molar-refractivity contribution is -0.133. The molecule has 0 aromatic carbocycles. The Morgan fingerprint density at radius 3 is 3.00 bits per heavy atom. The first-order valence-corrected chi connectivity index (χ1v) is 7.00. The van der Waals surface area contributed by atoms with Crippen molar-refractivity contribution in [3.63, 3.8) is 0 Å². The standard InChI is InChI=1S/C11H11N3O2S2/c12-10-7(4-8-2-1-3-17-8)5-13-11(14-10)18-6-9(15)16/h1-3,5H,4,6H2,(H,15,16)(H2,12,13,14). The molecule has 0 spiro atoms. The van der Waals surface area contributed by atoms with Crippen LogP contribution < -0.4 is 5.73 Å². The Kier molecular flexibility index (Phi) is 4.16. The zero-order chi connectivity index (χ0) is 13.0. The van der Waals surface area contributed by atoms with Crippen molar-refractivity contribution >= 4 is 34.9 Å². The molecule has 0 aliphatic carbocycles. The lowest BCUT2D eigenvalue weighted by Gasteiger charge is -2.04. The maximum absolute atomic E-state index is 10.4. The molecule has 2 aromatic heterocycles. The molecule has 0 amide bonds. The van der Waals surface area contributed by atoms with Gasteiger partial charge in [0, 0.05) is 23.1 Å². The van der Waals surface area contributed by atoms with E-state index in [1.807, 2.05) is 17.5 Å². The molecule has 0 aliphatic rings. The monoisotopic (exact) mass is 281 g/mol. The molecule has 0 atom stereocenters. The number of thioether (sulfide) groups is 1. The van der Waals surface area contributed by atoms with E-state index in [4.69, 9.17) is 10.8 Å². The summed E-state index contributed by atoms with van der Waals surface area (Å²) in [7, 11) is 0. The lowest BCUT2D eigenvalue weighted by Crippen LogP contribution is -2.03. The molecule has 0 saturated carbocycles. The molecule has 0 radical (unpaired) electrons. The number of carbonyl (C=O) groups is 1. The van der Waals surface area contributed by atoms with Crippen molar-refractivity contribution in [1.29, 1.82) is 0 Å². The number of carboxylic acids is 1. The first kappa shape index (κ1) is 12.8. The van der Waals surface area contributed by atoms with Crippen molar-refractivity contribution in [2.75, 3.05) is 11.5 Å². The molecule has 3 N–H and O–H groups in total. The van der Waals surface area contributed by atoms with Crippen LogP contribution in [-0.2, 0) is 11.2 Å². The van der Waals surface area contributed by atoms with Crippen molar-refractivity contribution < 1.29 is 9.90 Å². The molecule has 18 heavy (non-hydrogen) atoms. The van der Waals surface area contributed by atoms with Crippen LogP contribution in [-0.4, -0.2) is 26.8 Å². The predicted molar refractivity (Wildman–Crippen MR) is 71.9 cm³/mol. The van der Waals surface area contributed by atoms with Gasteiger partial charge in [0.2, 0.25) is 0 Å². The average molecular weight is 281 g/mol. The van der Waals surface area contributed by atoms with E-state index in [0.717, 1.165) is 17.3 Å². The van der Waals surface area contributed by atoms with Crippen molar-refractivity contribution in [2.24, 2.45) is 0 Å². The number of nitrogens with two attached hydrogens (primary N) is 1. The Bertz CT molecular complexity index is 543. The van der Waals surface area contributed by atoms with Crippen molar-refractivity contribution in [3.8, 4) is 0 Å². The normalized spacial score (nSPS) is 10.4. The highest BCUT2D eigenvalue weighted by molar-refractivity contribution is 7.99. The number of rotatable bonds is 5. The van der Waals surface area contributed by atoms with E-state index in [2.05, 4.69) is 9.97 Å². The lowest BCUT2D eigenvalue weighted by atomic mass is 10.2. The summed E-state index contributed by atoms with van der Waals surface area (Å²) in [5.41, 5.74) is 6.70. The van der Waals surface area contributed by atoms with Gasteiger partial charge in [-0.15, -0.1) is 11.3 Å². The fourth-order valence-corrected chi connectivity index (χ4v) is 2.61. The van der Waals surface area contributed by atoms with Crippen molar-refractivity contribution in [3.05, 3.63) is 34.2 Å². The summed E-state index contributed by atoms with van der Waals surface area (Å²) >= 11 is 2.71. The number of nitrogen functional groups attached to an aromatic ring is 1. The summed E-state index contributed by atoms with van der Waals surface area (Å²) in [6, 6.07) is 4.01. The molecule has 0 unspecified atom stereocenters. The molecule has 7 heteroatoms. The van der Waals surface area contributed by atoms with Gasteiger partial charge in [-0.3, -0.25) is 4.79 Å². The summed E-state index contributed by atoms with van der Waals surface area (Å²) in [4.78, 5) is 19.8. The van der Waals surface area contributed by atoms with Crippen LogP contribution in [0, 0.1) is 0 Å². The van der Waals surface area contributed by atoms with E-state index in [1.54, 1.807) is 17.5 Å². The van der Waals surface area contributed by atoms with Gasteiger partial charge in [0.25, 0.3) is 0 Å². The fourth-order valence-electron chi connectivity index (χ4n) is 1.34. The van der Waals surface area contributed by atoms with E-state index in [0.29, 0.717) is 17.4 Å². The van der Waals surface area contributed by atoms with Gasteiger partial charge in [-0.05, 0) is 11.4 Å². The zero-order valence-corrected chi connectivity index (χ0v) is 11.0. The van der Waals surface area contributed by atoms with Crippen LogP contribution in [0.3, 0.4) is 0 Å². The number of aromatic nitrogens is 2. The molecule has 2 heterocycles. The van der Waals surface area contributed by atoms with E-state index < -0.39 is 5.97 Å². The summed E-state index contributed by atoms with van der Waals surface area (Å²) < 4.78 is 0. The highest BCUT2D eigenvalue weighted by Crippen LogP contribution is 2.20. The van der Waals surface area contributed by atoms with E-state index in [9.17, 15) is 4.79 Å². The summed E-state index contributed by atoms with van der Waals surface area (Å²) in [6.45, 7) is 0. The highest BCUT2D eigenvalue weighted by Gasteiger charge is 2.07. The van der Waals surface area contributed by atoms with Crippen molar-refractivity contribution in [1.82, 2.24) is 9.97 Å². The fraction of sp³-hybridized carbons (Fsp3) is 0.182. The molecule has 5 nitrogen and oxygen atoms in total. The molecule has 0 aliphatic heterocycles. The second kappa shape index (κ2) is 5.83. The first-order chi connectivity index (χ1) is 8.65. The van der Waals surface area contributed by atoms with Crippen LogP contribution in [0.15, 0.2) is 28.9 Å². The van der Waals surface area contributed by atoms with Gasteiger partial charge in [-0.2, -0.15) is 0 Å². The van der Waals surface area contributed by atoms with Gasteiger partial charge >= 0.3 is 5.97 Å². The minimum atomic E-state index is -0.898. The number of aliphatic carboxylic acids is 1. The third-order valence-electron chi connectivity index (χ3n) is 2.15. The number of nitrogens with zero attached hydrogens (tertiary/aromatic N) is 2. The first-order valence-electron chi connectivity index (χ1n) is 5.13. The number of hydrogen-bond donors (Lipinski definition) is 2. The molecule has 0 fully saturated rings. The van der Waals surface area contributed by atoms with Gasteiger partial charge < -0.3 is 10.8 Å². The van der Waals surface area contributed by atoms with Crippen LogP contribution in [0.5, 0.6) is 0 Å². The SMILES string of the molecule is Nc1nc(SCC(=O)O)ncc1Cc1cccs1. The summed E-state index contributed by atoms with van der Waals surface area (Å²) in [5, 5.41) is 11.0. The third kappa shape index (κ3) is 3.44. The molecule has 0 saturated heterocycles.